The largest absolute Gasteiger partial charge is 0.496 e. The Morgan fingerprint density at radius 2 is 1.92 bits per heavy atom. The first-order valence-corrected chi connectivity index (χ1v) is 14.4. The van der Waals surface area contributed by atoms with Crippen LogP contribution in [0.4, 0.5) is 16.2 Å². The normalized spacial score (nSPS) is 17.9. The minimum atomic E-state index is -3.77. The Morgan fingerprint density at radius 3 is 2.58 bits per heavy atom. The van der Waals surface area contributed by atoms with Gasteiger partial charge in [-0.1, -0.05) is 0 Å². The fourth-order valence-corrected chi connectivity index (χ4v) is 6.56. The molecule has 0 bridgehead atoms. The summed E-state index contributed by atoms with van der Waals surface area (Å²) in [7, 11) is -0.317. The smallest absolute Gasteiger partial charge is 0.241 e. The Morgan fingerprint density at radius 1 is 1.21 bits per heavy atom. The molecular formula is C25H36FN7O4S. The number of piperidine rings is 1. The predicted octanol–water partition coefficient (Wildman–Crippen LogP) is 0.963. The molecule has 3 heterocycles. The van der Waals surface area contributed by atoms with Crippen molar-refractivity contribution in [3.63, 3.8) is 0 Å². The predicted molar refractivity (Wildman–Crippen MR) is 144 cm³/mol. The van der Waals surface area contributed by atoms with Gasteiger partial charge in [0.2, 0.25) is 21.8 Å². The number of nitrogen functional groups attached to an aromatic ring is 1. The quantitative estimate of drug-likeness (QED) is 0.413. The summed E-state index contributed by atoms with van der Waals surface area (Å²) in [6.45, 7) is 5.80. The van der Waals surface area contributed by atoms with Gasteiger partial charge in [-0.05, 0) is 64.1 Å². The van der Waals surface area contributed by atoms with Crippen LogP contribution >= 0.6 is 0 Å². The van der Waals surface area contributed by atoms with Crippen LogP contribution in [-0.4, -0.2) is 106 Å². The molecule has 2 aliphatic rings. The maximum Gasteiger partial charge on any atom is 0.241 e. The number of likely N-dealkylation sites (N-methyl/N-ethyl adjacent to an activating group) is 1. The van der Waals surface area contributed by atoms with Crippen LogP contribution < -0.4 is 20.1 Å². The highest BCUT2D eigenvalue weighted by atomic mass is 32.2. The van der Waals surface area contributed by atoms with Gasteiger partial charge in [-0.15, -0.1) is 0 Å². The minimum Gasteiger partial charge on any atom is -0.496 e. The Balaban J connectivity index is 1.56. The standard InChI is InChI=1S/C25H36FN7O4S/c1-31-11-13-32(14-12-31)10-3-15-38(35,36)33(19-6-8-28-9-7-19)25-29-17-21(24(27)30-25)23(34)20-16-18(26)4-5-22(20)37-2/h4-5,16-17,19,28H,3,6-15H2,1-2H3,(H2,27,29,30). The average molecular weight is 550 g/mol. The number of hydrogen-bond acceptors (Lipinski definition) is 10. The van der Waals surface area contributed by atoms with Gasteiger partial charge >= 0.3 is 0 Å². The number of benzene rings is 1. The van der Waals surface area contributed by atoms with Crippen LogP contribution in [0.3, 0.4) is 0 Å². The molecule has 2 aromatic rings. The fraction of sp³-hybridized carbons (Fsp3) is 0.560. The van der Waals surface area contributed by atoms with Gasteiger partial charge in [-0.25, -0.2) is 22.1 Å². The summed E-state index contributed by atoms with van der Waals surface area (Å²) in [5.74, 6) is -1.33. The lowest BCUT2D eigenvalue weighted by Crippen LogP contribution is -2.48. The van der Waals surface area contributed by atoms with Gasteiger partial charge in [0, 0.05) is 32.4 Å². The number of ether oxygens (including phenoxy) is 1. The molecular weight excluding hydrogens is 513 g/mol. The van der Waals surface area contributed by atoms with Crippen molar-refractivity contribution in [1.29, 1.82) is 0 Å². The number of ketones is 1. The van der Waals surface area contributed by atoms with Crippen LogP contribution in [-0.2, 0) is 10.0 Å². The summed E-state index contributed by atoms with van der Waals surface area (Å²) in [4.78, 5) is 26.2. The van der Waals surface area contributed by atoms with Gasteiger partial charge in [0.05, 0.1) is 30.0 Å². The van der Waals surface area contributed by atoms with Crippen LogP contribution in [0.2, 0.25) is 0 Å². The SMILES string of the molecule is COc1ccc(F)cc1C(=O)c1cnc(N(C2CCNCC2)S(=O)(=O)CCCN2CCN(C)CC2)nc1N. The van der Waals surface area contributed by atoms with E-state index in [1.165, 1.54) is 29.7 Å². The molecule has 2 fully saturated rings. The van der Waals surface area contributed by atoms with Crippen LogP contribution in [0.1, 0.15) is 35.2 Å². The van der Waals surface area contributed by atoms with Crippen molar-refractivity contribution in [3.05, 3.63) is 41.3 Å². The number of nitrogens with zero attached hydrogens (tertiary/aromatic N) is 5. The molecule has 13 heteroatoms. The van der Waals surface area contributed by atoms with E-state index in [1.807, 2.05) is 0 Å². The second-order valence-electron chi connectivity index (χ2n) is 9.73. The maximum absolute atomic E-state index is 13.9. The Kier molecular flexibility index (Phi) is 9.13. The number of halogens is 1. The highest BCUT2D eigenvalue weighted by molar-refractivity contribution is 7.92. The third-order valence-electron chi connectivity index (χ3n) is 7.07. The lowest BCUT2D eigenvalue weighted by atomic mass is 10.0. The number of carbonyl (C=O) groups excluding carboxylic acids is 1. The number of sulfonamides is 1. The number of aromatic nitrogens is 2. The molecule has 0 atom stereocenters. The highest BCUT2D eigenvalue weighted by Crippen LogP contribution is 2.28. The summed E-state index contributed by atoms with van der Waals surface area (Å²) in [6.07, 6.45) is 2.89. The van der Waals surface area contributed by atoms with Crippen molar-refractivity contribution in [3.8, 4) is 5.75 Å². The second kappa shape index (κ2) is 12.3. The van der Waals surface area contributed by atoms with Gasteiger partial charge < -0.3 is 25.6 Å². The number of hydrogen-bond donors (Lipinski definition) is 2. The average Bonchev–Trinajstić information content (AvgIpc) is 2.90. The molecule has 0 unspecified atom stereocenters. The maximum atomic E-state index is 13.9. The molecule has 38 heavy (non-hydrogen) atoms. The van der Waals surface area contributed by atoms with Crippen LogP contribution in [0.25, 0.3) is 0 Å². The van der Waals surface area contributed by atoms with E-state index in [9.17, 15) is 17.6 Å². The molecule has 0 radical (unpaired) electrons. The zero-order valence-electron chi connectivity index (χ0n) is 21.9. The second-order valence-corrected chi connectivity index (χ2v) is 11.7. The van der Waals surface area contributed by atoms with E-state index in [0.29, 0.717) is 38.9 Å². The molecule has 0 amide bonds. The number of carbonyl (C=O) groups is 1. The summed E-state index contributed by atoms with van der Waals surface area (Å²) < 4.78 is 47.6. The Hall–Kier alpha value is -2.87. The van der Waals surface area contributed by atoms with E-state index >= 15 is 0 Å². The molecule has 11 nitrogen and oxygen atoms in total. The van der Waals surface area contributed by atoms with Gasteiger partial charge in [-0.3, -0.25) is 4.79 Å². The molecule has 0 spiro atoms. The number of anilines is 2. The number of nitrogens with two attached hydrogens (primary N) is 1. The topological polar surface area (TPSA) is 134 Å². The van der Waals surface area contributed by atoms with Crippen molar-refractivity contribution < 1.29 is 22.3 Å². The van der Waals surface area contributed by atoms with E-state index in [-0.39, 0.29) is 40.4 Å². The van der Waals surface area contributed by atoms with Crippen LogP contribution in [0.5, 0.6) is 5.75 Å². The zero-order valence-corrected chi connectivity index (χ0v) is 22.7. The summed E-state index contributed by atoms with van der Waals surface area (Å²) in [5.41, 5.74) is 6.07. The molecule has 4 rings (SSSR count). The van der Waals surface area contributed by atoms with Crippen molar-refractivity contribution >= 4 is 27.6 Å². The monoisotopic (exact) mass is 549 g/mol. The first kappa shape index (κ1) is 28.1. The Bertz CT molecular complexity index is 1230. The zero-order chi connectivity index (χ0) is 27.3. The lowest BCUT2D eigenvalue weighted by molar-refractivity contribution is 0.103. The molecule has 1 aromatic heterocycles. The van der Waals surface area contributed by atoms with Gasteiger partial charge in [0.25, 0.3) is 0 Å². The van der Waals surface area contributed by atoms with Gasteiger partial charge in [0.1, 0.15) is 17.4 Å². The molecule has 2 saturated heterocycles. The third-order valence-corrected chi connectivity index (χ3v) is 8.93. The molecule has 0 saturated carbocycles. The van der Waals surface area contributed by atoms with Crippen LogP contribution in [0.15, 0.2) is 24.4 Å². The summed E-state index contributed by atoms with van der Waals surface area (Å²) in [5, 5.41) is 3.25. The number of rotatable bonds is 10. The van der Waals surface area contributed by atoms with Crippen molar-refractivity contribution in [2.45, 2.75) is 25.3 Å². The van der Waals surface area contributed by atoms with E-state index < -0.39 is 21.6 Å². The van der Waals surface area contributed by atoms with E-state index in [4.69, 9.17) is 10.5 Å². The summed E-state index contributed by atoms with van der Waals surface area (Å²) >= 11 is 0. The Labute approximate surface area is 223 Å². The van der Waals surface area contributed by atoms with E-state index in [0.717, 1.165) is 32.2 Å². The highest BCUT2D eigenvalue weighted by Gasteiger charge is 2.34. The van der Waals surface area contributed by atoms with Crippen molar-refractivity contribution in [2.24, 2.45) is 0 Å². The van der Waals surface area contributed by atoms with Gasteiger partial charge in [0.15, 0.2) is 0 Å². The first-order chi connectivity index (χ1) is 18.2. The van der Waals surface area contributed by atoms with E-state index in [2.05, 4.69) is 32.1 Å². The van der Waals surface area contributed by atoms with Crippen molar-refractivity contribution in [1.82, 2.24) is 25.1 Å². The number of methoxy groups -OCH3 is 1. The molecule has 1 aromatic carbocycles. The molecule has 0 aliphatic carbocycles. The fourth-order valence-electron chi connectivity index (χ4n) is 4.87. The molecule has 208 valence electrons. The summed E-state index contributed by atoms with van der Waals surface area (Å²) in [6, 6.07) is 3.26. The van der Waals surface area contributed by atoms with Crippen LogP contribution in [0, 0.1) is 5.82 Å². The molecule has 2 aliphatic heterocycles. The first-order valence-electron chi connectivity index (χ1n) is 12.8. The minimum absolute atomic E-state index is 0.0257. The van der Waals surface area contributed by atoms with Gasteiger partial charge in [-0.2, -0.15) is 4.98 Å². The lowest BCUT2D eigenvalue weighted by Gasteiger charge is -2.34. The third kappa shape index (κ3) is 6.57. The van der Waals surface area contributed by atoms with Crippen molar-refractivity contribution in [2.75, 3.05) is 75.8 Å². The van der Waals surface area contributed by atoms with E-state index in [1.54, 1.807) is 0 Å². The number of nitrogens with one attached hydrogen (secondary N) is 1. The molecule has 3 N–H and O–H groups in total. The number of piperazine rings is 1.